The molecule has 20 heavy (non-hydrogen) atoms. The fourth-order valence-electron chi connectivity index (χ4n) is 2.83. The summed E-state index contributed by atoms with van der Waals surface area (Å²) in [6.07, 6.45) is 3.90. The number of aliphatic imine (C=N–C) groups is 1. The van der Waals surface area contributed by atoms with Crippen molar-refractivity contribution < 1.29 is 0 Å². The molecule has 1 aromatic carbocycles. The van der Waals surface area contributed by atoms with E-state index in [-0.39, 0.29) is 0 Å². The maximum atomic E-state index is 4.91. The van der Waals surface area contributed by atoms with Gasteiger partial charge in [-0.25, -0.2) is 9.98 Å². The maximum Gasteiger partial charge on any atom is 0.176 e. The second-order valence-corrected chi connectivity index (χ2v) is 5.18. The molecule has 0 bridgehead atoms. The lowest BCUT2D eigenvalue weighted by Crippen LogP contribution is -2.47. The summed E-state index contributed by atoms with van der Waals surface area (Å²) < 4.78 is 2.19. The molecular formula is C15H17N5. The minimum atomic E-state index is 0.838. The highest BCUT2D eigenvalue weighted by molar-refractivity contribution is 5.98. The molecule has 0 spiro atoms. The second kappa shape index (κ2) is 4.76. The Hall–Kier alpha value is -2.14. The van der Waals surface area contributed by atoms with Crippen LogP contribution in [-0.2, 0) is 6.54 Å². The average Bonchev–Trinajstić information content (AvgIpc) is 2.89. The molecular weight excluding hydrogens is 250 g/mol. The van der Waals surface area contributed by atoms with Crippen LogP contribution in [0.25, 0.3) is 0 Å². The number of benzene rings is 1. The molecule has 0 radical (unpaired) electrons. The van der Waals surface area contributed by atoms with Crippen LogP contribution >= 0.6 is 0 Å². The summed E-state index contributed by atoms with van der Waals surface area (Å²) in [4.78, 5) is 11.8. The van der Waals surface area contributed by atoms with Gasteiger partial charge in [-0.3, -0.25) is 0 Å². The number of amidine groups is 1. The first-order valence-electron chi connectivity index (χ1n) is 7.05. The van der Waals surface area contributed by atoms with Crippen LogP contribution in [0.4, 0.5) is 5.69 Å². The molecule has 0 saturated carbocycles. The Morgan fingerprint density at radius 3 is 2.85 bits per heavy atom. The van der Waals surface area contributed by atoms with E-state index in [1.165, 1.54) is 5.56 Å². The van der Waals surface area contributed by atoms with Gasteiger partial charge in [-0.2, -0.15) is 0 Å². The standard InChI is InChI=1S/C15H17N5/c1-2-4-13-12(3-1)11-20-10-7-17-14(20)15(18-13)19-8-5-16-6-9-19/h1-4,7,10,16H,5-6,8-9,11H2. The summed E-state index contributed by atoms with van der Waals surface area (Å²) >= 11 is 0. The summed E-state index contributed by atoms with van der Waals surface area (Å²) in [7, 11) is 0. The van der Waals surface area contributed by atoms with Gasteiger partial charge in [0, 0.05) is 38.6 Å². The molecule has 1 saturated heterocycles. The number of fused-ring (bicyclic) bond motifs is 2. The van der Waals surface area contributed by atoms with E-state index in [1.807, 2.05) is 18.5 Å². The van der Waals surface area contributed by atoms with Crippen LogP contribution in [0.15, 0.2) is 41.7 Å². The van der Waals surface area contributed by atoms with E-state index in [4.69, 9.17) is 4.99 Å². The first-order chi connectivity index (χ1) is 9.92. The number of imidazole rings is 1. The van der Waals surface area contributed by atoms with Gasteiger partial charge in [0.1, 0.15) is 0 Å². The molecule has 2 aliphatic rings. The maximum absolute atomic E-state index is 4.91. The Labute approximate surface area is 118 Å². The minimum Gasteiger partial charge on any atom is -0.351 e. The van der Waals surface area contributed by atoms with Crippen molar-refractivity contribution >= 4 is 11.5 Å². The van der Waals surface area contributed by atoms with E-state index in [0.29, 0.717) is 0 Å². The van der Waals surface area contributed by atoms with Crippen LogP contribution in [0, 0.1) is 0 Å². The Morgan fingerprint density at radius 1 is 1.10 bits per heavy atom. The Bertz CT molecular complexity index is 652. The third-order valence-corrected chi connectivity index (χ3v) is 3.89. The van der Waals surface area contributed by atoms with Crippen LogP contribution in [0.1, 0.15) is 11.4 Å². The van der Waals surface area contributed by atoms with Crippen LogP contribution in [0.5, 0.6) is 0 Å². The number of aromatic nitrogens is 2. The molecule has 1 N–H and O–H groups in total. The van der Waals surface area contributed by atoms with Gasteiger partial charge in [-0.05, 0) is 11.6 Å². The highest BCUT2D eigenvalue weighted by Crippen LogP contribution is 2.25. The zero-order valence-electron chi connectivity index (χ0n) is 11.3. The van der Waals surface area contributed by atoms with Crippen LogP contribution in [0.3, 0.4) is 0 Å². The van der Waals surface area contributed by atoms with E-state index in [2.05, 4.69) is 38.0 Å². The van der Waals surface area contributed by atoms with E-state index < -0.39 is 0 Å². The number of piperazine rings is 1. The lowest BCUT2D eigenvalue weighted by molar-refractivity contribution is 0.356. The summed E-state index contributed by atoms with van der Waals surface area (Å²) in [5.41, 5.74) is 2.31. The molecule has 0 atom stereocenters. The van der Waals surface area contributed by atoms with Gasteiger partial charge >= 0.3 is 0 Å². The first kappa shape index (κ1) is 11.7. The molecule has 0 aliphatic carbocycles. The smallest absolute Gasteiger partial charge is 0.176 e. The van der Waals surface area contributed by atoms with Crippen molar-refractivity contribution in [1.29, 1.82) is 0 Å². The average molecular weight is 267 g/mol. The Balaban J connectivity index is 1.84. The van der Waals surface area contributed by atoms with Crippen molar-refractivity contribution in [2.75, 3.05) is 26.2 Å². The highest BCUT2D eigenvalue weighted by Gasteiger charge is 2.23. The van der Waals surface area contributed by atoms with Crippen molar-refractivity contribution in [2.45, 2.75) is 6.54 Å². The molecule has 102 valence electrons. The molecule has 5 heteroatoms. The van der Waals surface area contributed by atoms with Gasteiger partial charge in [-0.15, -0.1) is 0 Å². The van der Waals surface area contributed by atoms with Crippen molar-refractivity contribution in [1.82, 2.24) is 19.8 Å². The van der Waals surface area contributed by atoms with E-state index in [0.717, 1.165) is 50.1 Å². The predicted molar refractivity (Wildman–Crippen MR) is 78.4 cm³/mol. The van der Waals surface area contributed by atoms with Gasteiger partial charge < -0.3 is 14.8 Å². The third-order valence-electron chi connectivity index (χ3n) is 3.89. The molecule has 1 aromatic heterocycles. The van der Waals surface area contributed by atoms with E-state index in [1.54, 1.807) is 0 Å². The Morgan fingerprint density at radius 2 is 1.95 bits per heavy atom. The zero-order chi connectivity index (χ0) is 13.4. The van der Waals surface area contributed by atoms with Gasteiger partial charge in [0.05, 0.1) is 12.2 Å². The second-order valence-electron chi connectivity index (χ2n) is 5.18. The van der Waals surface area contributed by atoms with Gasteiger partial charge in [0.15, 0.2) is 11.7 Å². The SMILES string of the molecule is c1ccc2c(c1)Cn1ccnc1C(N1CCNCC1)=N2. The van der Waals surface area contributed by atoms with E-state index >= 15 is 0 Å². The van der Waals surface area contributed by atoms with E-state index in [9.17, 15) is 0 Å². The number of hydrogen-bond donors (Lipinski definition) is 1. The largest absolute Gasteiger partial charge is 0.351 e. The molecule has 0 amide bonds. The van der Waals surface area contributed by atoms with Gasteiger partial charge in [-0.1, -0.05) is 18.2 Å². The summed E-state index contributed by atoms with van der Waals surface area (Å²) in [5, 5.41) is 3.38. The molecule has 3 heterocycles. The third kappa shape index (κ3) is 1.91. The van der Waals surface area contributed by atoms with Crippen molar-refractivity contribution in [3.8, 4) is 0 Å². The zero-order valence-corrected chi connectivity index (χ0v) is 11.3. The predicted octanol–water partition coefficient (Wildman–Crippen LogP) is 1.23. The monoisotopic (exact) mass is 267 g/mol. The molecule has 2 aromatic rings. The highest BCUT2D eigenvalue weighted by atomic mass is 15.3. The number of hydrogen-bond acceptors (Lipinski definition) is 4. The Kier molecular flexibility index (Phi) is 2.77. The van der Waals surface area contributed by atoms with Crippen LogP contribution in [0.2, 0.25) is 0 Å². The molecule has 2 aliphatic heterocycles. The molecule has 4 rings (SSSR count). The molecule has 0 unspecified atom stereocenters. The van der Waals surface area contributed by atoms with Gasteiger partial charge in [0.2, 0.25) is 0 Å². The van der Waals surface area contributed by atoms with Crippen LogP contribution in [-0.4, -0.2) is 46.5 Å². The summed E-state index contributed by atoms with van der Waals surface area (Å²) in [5.74, 6) is 1.98. The van der Waals surface area contributed by atoms with Crippen molar-refractivity contribution in [3.63, 3.8) is 0 Å². The van der Waals surface area contributed by atoms with Crippen molar-refractivity contribution in [2.24, 2.45) is 4.99 Å². The quantitative estimate of drug-likeness (QED) is 0.781. The first-order valence-corrected chi connectivity index (χ1v) is 7.05. The lowest BCUT2D eigenvalue weighted by Gasteiger charge is -2.29. The fraction of sp³-hybridized carbons (Fsp3) is 0.333. The summed E-state index contributed by atoms with van der Waals surface area (Å²) in [6.45, 7) is 4.80. The number of para-hydroxylation sites is 1. The van der Waals surface area contributed by atoms with Crippen molar-refractivity contribution in [3.05, 3.63) is 48.0 Å². The number of nitrogens with zero attached hydrogens (tertiary/aromatic N) is 4. The molecule has 5 nitrogen and oxygen atoms in total. The van der Waals surface area contributed by atoms with Gasteiger partial charge in [0.25, 0.3) is 0 Å². The number of rotatable bonds is 0. The normalized spacial score (nSPS) is 18.0. The lowest BCUT2D eigenvalue weighted by atomic mass is 10.2. The fourth-order valence-corrected chi connectivity index (χ4v) is 2.83. The topological polar surface area (TPSA) is 45.5 Å². The molecule has 1 fully saturated rings. The minimum absolute atomic E-state index is 0.838. The summed E-state index contributed by atoms with van der Waals surface area (Å²) in [6, 6.07) is 8.35. The van der Waals surface area contributed by atoms with Crippen LogP contribution < -0.4 is 5.32 Å². The number of nitrogens with one attached hydrogen (secondary N) is 1.